The fraction of sp³-hybridized carbons (Fsp3) is 0.179. The summed E-state index contributed by atoms with van der Waals surface area (Å²) in [6.07, 6.45) is 2.31. The van der Waals surface area contributed by atoms with Crippen molar-refractivity contribution >= 4 is 32.9 Å². The van der Waals surface area contributed by atoms with Crippen LogP contribution in [0.1, 0.15) is 42.5 Å². The second kappa shape index (κ2) is 8.57. The summed E-state index contributed by atoms with van der Waals surface area (Å²) in [4.78, 5) is 2.59. The molecule has 0 aromatic heterocycles. The highest BCUT2D eigenvalue weighted by atomic mass is 15.1. The lowest BCUT2D eigenvalue weighted by Gasteiger charge is -2.34. The van der Waals surface area contributed by atoms with Gasteiger partial charge in [-0.3, -0.25) is 0 Å². The van der Waals surface area contributed by atoms with Crippen LogP contribution in [0.2, 0.25) is 0 Å². The molecule has 1 nitrogen and oxygen atoms in total. The number of rotatable bonds is 2. The largest absolute Gasteiger partial charge is 0.340 e. The van der Waals surface area contributed by atoms with Crippen molar-refractivity contribution in [2.24, 2.45) is 0 Å². The van der Waals surface area contributed by atoms with Crippen LogP contribution in [-0.4, -0.2) is 6.54 Å². The summed E-state index contributed by atoms with van der Waals surface area (Å²) in [7, 11) is 0. The Balaban J connectivity index is 1.44. The van der Waals surface area contributed by atoms with E-state index in [2.05, 4.69) is 135 Å². The first-order valence-electron chi connectivity index (χ1n) is 14.6. The summed E-state index contributed by atoms with van der Waals surface area (Å²) in [5.41, 5.74) is 13.6. The fourth-order valence-electron chi connectivity index (χ4n) is 7.50. The molecule has 0 atom stereocenters. The third-order valence-corrected chi connectivity index (χ3v) is 9.40. The Bertz CT molecular complexity index is 1980. The Morgan fingerprint density at radius 1 is 0.625 bits per heavy atom. The molecule has 0 amide bonds. The van der Waals surface area contributed by atoms with Crippen LogP contribution in [0, 0.1) is 6.92 Å². The minimum atomic E-state index is -0.0269. The number of aryl methyl sites for hydroxylation is 2. The summed E-state index contributed by atoms with van der Waals surface area (Å²) in [6.45, 7) is 8.00. The minimum absolute atomic E-state index is 0.0269. The highest BCUT2D eigenvalue weighted by Crippen LogP contribution is 2.52. The molecule has 0 bridgehead atoms. The number of para-hydroxylation sites is 1. The summed E-state index contributed by atoms with van der Waals surface area (Å²) in [5, 5.41) is 5.32. The van der Waals surface area contributed by atoms with Gasteiger partial charge < -0.3 is 4.90 Å². The molecule has 6 aromatic rings. The maximum absolute atomic E-state index is 2.59. The van der Waals surface area contributed by atoms with Crippen molar-refractivity contribution in [3.63, 3.8) is 0 Å². The lowest BCUT2D eigenvalue weighted by atomic mass is 9.81. The maximum Gasteiger partial charge on any atom is 0.0570 e. The maximum atomic E-state index is 2.59. The van der Waals surface area contributed by atoms with Crippen molar-refractivity contribution in [3.8, 4) is 22.3 Å². The fourth-order valence-corrected chi connectivity index (χ4v) is 7.50. The molecule has 0 unspecified atom stereocenters. The van der Waals surface area contributed by atoms with E-state index in [1.165, 1.54) is 83.8 Å². The molecule has 1 aliphatic carbocycles. The molecule has 1 aliphatic heterocycles. The van der Waals surface area contributed by atoms with Crippen molar-refractivity contribution in [1.29, 1.82) is 0 Å². The van der Waals surface area contributed by atoms with Crippen LogP contribution in [0.25, 0.3) is 43.8 Å². The van der Waals surface area contributed by atoms with Crippen molar-refractivity contribution in [3.05, 3.63) is 131 Å². The van der Waals surface area contributed by atoms with Crippen LogP contribution in [0.5, 0.6) is 0 Å². The quantitative estimate of drug-likeness (QED) is 0.207. The predicted octanol–water partition coefficient (Wildman–Crippen LogP) is 10.4. The Morgan fingerprint density at radius 2 is 1.35 bits per heavy atom. The van der Waals surface area contributed by atoms with Gasteiger partial charge in [0.2, 0.25) is 0 Å². The second-order valence-electron chi connectivity index (χ2n) is 12.1. The Labute approximate surface area is 236 Å². The van der Waals surface area contributed by atoms with E-state index >= 15 is 0 Å². The van der Waals surface area contributed by atoms with Crippen molar-refractivity contribution in [2.75, 3.05) is 11.4 Å². The van der Waals surface area contributed by atoms with Crippen LogP contribution in [0.4, 0.5) is 11.4 Å². The normalized spacial score (nSPS) is 15.2. The summed E-state index contributed by atoms with van der Waals surface area (Å²) in [5.74, 6) is 0. The van der Waals surface area contributed by atoms with Gasteiger partial charge in [0, 0.05) is 28.4 Å². The summed E-state index contributed by atoms with van der Waals surface area (Å²) < 4.78 is 0. The Morgan fingerprint density at radius 3 is 2.25 bits per heavy atom. The van der Waals surface area contributed by atoms with Crippen LogP contribution >= 0.6 is 0 Å². The van der Waals surface area contributed by atoms with Gasteiger partial charge >= 0.3 is 0 Å². The average molecular weight is 516 g/mol. The molecule has 1 heterocycles. The van der Waals surface area contributed by atoms with Crippen LogP contribution in [0.3, 0.4) is 0 Å². The molecule has 0 saturated carbocycles. The first-order valence-corrected chi connectivity index (χ1v) is 14.6. The first kappa shape index (κ1) is 23.5. The molecule has 0 radical (unpaired) electrons. The van der Waals surface area contributed by atoms with Crippen molar-refractivity contribution in [2.45, 2.75) is 39.0 Å². The molecule has 2 aliphatic rings. The van der Waals surface area contributed by atoms with Gasteiger partial charge in [0.25, 0.3) is 0 Å². The highest BCUT2D eigenvalue weighted by molar-refractivity contribution is 6.21. The molecular formula is C39H33N. The molecule has 0 saturated heterocycles. The standard InChI is InChI=1S/C39H33N/c1-25-18-20-32-33(23-25)37(27-19-21-29-28-13-7-8-16-34(28)39(2,3)35(29)24-27)30-14-5-6-15-31(30)38(32)40-22-10-12-26-11-4-9-17-36(26)40/h4-9,11,13-21,23-24H,10,12,22H2,1-3H3. The third-order valence-electron chi connectivity index (χ3n) is 9.40. The SMILES string of the molecule is Cc1ccc2c(N3CCCc4ccccc43)c3ccccc3c(-c3ccc4c(c3)C(C)(C)c3ccccc3-4)c2c1. The van der Waals surface area contributed by atoms with E-state index in [4.69, 9.17) is 0 Å². The molecule has 6 aromatic carbocycles. The zero-order valence-electron chi connectivity index (χ0n) is 23.5. The van der Waals surface area contributed by atoms with E-state index in [9.17, 15) is 0 Å². The number of nitrogens with zero attached hydrogens (tertiary/aromatic N) is 1. The number of hydrogen-bond donors (Lipinski definition) is 0. The van der Waals surface area contributed by atoms with E-state index in [0.29, 0.717) is 0 Å². The monoisotopic (exact) mass is 515 g/mol. The number of hydrogen-bond acceptors (Lipinski definition) is 1. The zero-order chi connectivity index (χ0) is 27.0. The van der Waals surface area contributed by atoms with E-state index < -0.39 is 0 Å². The second-order valence-corrected chi connectivity index (χ2v) is 12.1. The summed E-state index contributed by atoms with van der Waals surface area (Å²) in [6, 6.07) is 41.2. The number of benzene rings is 6. The van der Waals surface area contributed by atoms with E-state index in [-0.39, 0.29) is 5.41 Å². The van der Waals surface area contributed by atoms with Gasteiger partial charge in [-0.15, -0.1) is 0 Å². The van der Waals surface area contributed by atoms with Gasteiger partial charge in [0.05, 0.1) is 5.69 Å². The molecule has 194 valence electrons. The van der Waals surface area contributed by atoms with Gasteiger partial charge in [-0.1, -0.05) is 116 Å². The molecular weight excluding hydrogens is 482 g/mol. The van der Waals surface area contributed by atoms with Gasteiger partial charge in [-0.25, -0.2) is 0 Å². The molecule has 40 heavy (non-hydrogen) atoms. The molecule has 0 N–H and O–H groups in total. The van der Waals surface area contributed by atoms with Gasteiger partial charge in [0.15, 0.2) is 0 Å². The van der Waals surface area contributed by atoms with E-state index in [0.717, 1.165) is 13.0 Å². The van der Waals surface area contributed by atoms with Crippen LogP contribution in [-0.2, 0) is 11.8 Å². The number of fused-ring (bicyclic) bond motifs is 6. The van der Waals surface area contributed by atoms with Gasteiger partial charge in [-0.2, -0.15) is 0 Å². The van der Waals surface area contributed by atoms with Gasteiger partial charge in [0.1, 0.15) is 0 Å². The lowest BCUT2D eigenvalue weighted by Crippen LogP contribution is -2.25. The predicted molar refractivity (Wildman–Crippen MR) is 171 cm³/mol. The number of anilines is 2. The van der Waals surface area contributed by atoms with E-state index in [1.54, 1.807) is 0 Å². The van der Waals surface area contributed by atoms with Crippen molar-refractivity contribution < 1.29 is 0 Å². The molecule has 0 fully saturated rings. The molecule has 1 heteroatoms. The van der Waals surface area contributed by atoms with Gasteiger partial charge in [-0.05, 0) is 81.6 Å². The molecule has 0 spiro atoms. The zero-order valence-corrected chi connectivity index (χ0v) is 23.5. The Kier molecular flexibility index (Phi) is 5.04. The third kappa shape index (κ3) is 3.27. The topological polar surface area (TPSA) is 3.24 Å². The minimum Gasteiger partial charge on any atom is -0.340 e. The Hall–Kier alpha value is -4.36. The first-order chi connectivity index (χ1) is 19.5. The lowest BCUT2D eigenvalue weighted by molar-refractivity contribution is 0.660. The molecule has 8 rings (SSSR count). The van der Waals surface area contributed by atoms with Crippen molar-refractivity contribution in [1.82, 2.24) is 0 Å². The summed E-state index contributed by atoms with van der Waals surface area (Å²) >= 11 is 0. The smallest absolute Gasteiger partial charge is 0.0570 e. The van der Waals surface area contributed by atoms with Crippen LogP contribution < -0.4 is 4.90 Å². The highest BCUT2D eigenvalue weighted by Gasteiger charge is 2.35. The average Bonchev–Trinajstić information content (AvgIpc) is 3.21. The van der Waals surface area contributed by atoms with Crippen LogP contribution in [0.15, 0.2) is 109 Å². The van der Waals surface area contributed by atoms with E-state index in [1.807, 2.05) is 0 Å².